The predicted octanol–water partition coefficient (Wildman–Crippen LogP) is 2.18. The molecule has 1 aliphatic carbocycles. The SMILES string of the molecule is COC[C@]1(C)C[C@@H](N)CC(C)(C)C1. The van der Waals surface area contributed by atoms with Crippen molar-refractivity contribution in [3.63, 3.8) is 0 Å². The van der Waals surface area contributed by atoms with Crippen LogP contribution in [0.4, 0.5) is 0 Å². The van der Waals surface area contributed by atoms with Crippen molar-refractivity contribution in [1.82, 2.24) is 0 Å². The average Bonchev–Trinajstić information content (AvgIpc) is 1.78. The first-order valence-electron chi connectivity index (χ1n) is 5.11. The Bertz CT molecular complexity index is 179. The summed E-state index contributed by atoms with van der Waals surface area (Å²) in [5.74, 6) is 0. The standard InChI is InChI=1S/C11H23NO/c1-10(2)5-9(12)6-11(3,7-10)8-13-4/h9H,5-8,12H2,1-4H3/t9-,11+/m0/s1. The highest BCUT2D eigenvalue weighted by Gasteiger charge is 2.39. The van der Waals surface area contributed by atoms with E-state index in [0.29, 0.717) is 11.5 Å². The van der Waals surface area contributed by atoms with E-state index in [1.54, 1.807) is 7.11 Å². The molecule has 1 fully saturated rings. The van der Waals surface area contributed by atoms with Crippen LogP contribution in [0.2, 0.25) is 0 Å². The number of methoxy groups -OCH3 is 1. The van der Waals surface area contributed by atoms with E-state index in [0.717, 1.165) is 19.4 Å². The molecular formula is C11H23NO. The van der Waals surface area contributed by atoms with E-state index in [2.05, 4.69) is 20.8 Å². The molecule has 13 heavy (non-hydrogen) atoms. The lowest BCUT2D eigenvalue weighted by atomic mass is 9.63. The summed E-state index contributed by atoms with van der Waals surface area (Å²) in [4.78, 5) is 0. The van der Waals surface area contributed by atoms with Crippen molar-refractivity contribution in [3.05, 3.63) is 0 Å². The second-order valence-corrected chi connectivity index (χ2v) is 5.75. The van der Waals surface area contributed by atoms with Gasteiger partial charge in [-0.3, -0.25) is 0 Å². The summed E-state index contributed by atoms with van der Waals surface area (Å²) in [7, 11) is 1.78. The Kier molecular flexibility index (Phi) is 3.03. The van der Waals surface area contributed by atoms with E-state index in [4.69, 9.17) is 10.5 Å². The van der Waals surface area contributed by atoms with Crippen molar-refractivity contribution in [2.24, 2.45) is 16.6 Å². The number of ether oxygens (including phenoxy) is 1. The molecule has 0 aromatic rings. The number of hydrogen-bond acceptors (Lipinski definition) is 2. The smallest absolute Gasteiger partial charge is 0.0516 e. The Morgan fingerprint density at radius 3 is 2.38 bits per heavy atom. The van der Waals surface area contributed by atoms with Gasteiger partial charge in [-0.1, -0.05) is 20.8 Å². The van der Waals surface area contributed by atoms with Crippen molar-refractivity contribution >= 4 is 0 Å². The quantitative estimate of drug-likeness (QED) is 0.715. The summed E-state index contributed by atoms with van der Waals surface area (Å²) in [6.45, 7) is 7.74. The van der Waals surface area contributed by atoms with Crippen LogP contribution >= 0.6 is 0 Å². The molecule has 0 aromatic heterocycles. The van der Waals surface area contributed by atoms with Crippen LogP contribution in [0.1, 0.15) is 40.0 Å². The molecule has 2 heteroatoms. The van der Waals surface area contributed by atoms with Crippen molar-refractivity contribution in [2.45, 2.75) is 46.1 Å². The number of rotatable bonds is 2. The maximum absolute atomic E-state index is 6.06. The minimum Gasteiger partial charge on any atom is -0.384 e. The van der Waals surface area contributed by atoms with Crippen LogP contribution in [-0.2, 0) is 4.74 Å². The van der Waals surface area contributed by atoms with Gasteiger partial charge in [-0.25, -0.2) is 0 Å². The van der Waals surface area contributed by atoms with Crippen LogP contribution in [0.25, 0.3) is 0 Å². The first-order chi connectivity index (χ1) is 5.87. The van der Waals surface area contributed by atoms with Crippen molar-refractivity contribution < 1.29 is 4.74 Å². The zero-order valence-electron chi connectivity index (χ0n) is 9.39. The molecule has 0 saturated heterocycles. The lowest BCUT2D eigenvalue weighted by Crippen LogP contribution is -2.44. The average molecular weight is 185 g/mol. The highest BCUT2D eigenvalue weighted by Crippen LogP contribution is 2.45. The van der Waals surface area contributed by atoms with Crippen LogP contribution in [0.15, 0.2) is 0 Å². The third-order valence-corrected chi connectivity index (χ3v) is 2.97. The Labute approximate surface area is 81.8 Å². The third kappa shape index (κ3) is 2.96. The Morgan fingerprint density at radius 2 is 1.92 bits per heavy atom. The van der Waals surface area contributed by atoms with Crippen LogP contribution < -0.4 is 5.73 Å². The molecule has 0 unspecified atom stereocenters. The van der Waals surface area contributed by atoms with Crippen LogP contribution in [0, 0.1) is 10.8 Å². The number of nitrogens with two attached hydrogens (primary N) is 1. The molecule has 78 valence electrons. The van der Waals surface area contributed by atoms with Gasteiger partial charge in [0.1, 0.15) is 0 Å². The molecule has 1 rings (SSSR count). The molecule has 0 heterocycles. The molecule has 2 N–H and O–H groups in total. The van der Waals surface area contributed by atoms with E-state index in [9.17, 15) is 0 Å². The molecular weight excluding hydrogens is 162 g/mol. The maximum atomic E-state index is 6.06. The molecule has 2 nitrogen and oxygen atoms in total. The fraction of sp³-hybridized carbons (Fsp3) is 1.00. The Hall–Kier alpha value is -0.0800. The van der Waals surface area contributed by atoms with Crippen molar-refractivity contribution in [3.8, 4) is 0 Å². The monoisotopic (exact) mass is 185 g/mol. The third-order valence-electron chi connectivity index (χ3n) is 2.97. The van der Waals surface area contributed by atoms with Gasteiger partial charge < -0.3 is 10.5 Å². The molecule has 1 aliphatic rings. The summed E-state index contributed by atoms with van der Waals surface area (Å²) in [6, 6.07) is 0.351. The normalized spacial score (nSPS) is 39.0. The zero-order chi connectivity index (χ0) is 10.1. The van der Waals surface area contributed by atoms with E-state index in [1.165, 1.54) is 6.42 Å². The summed E-state index contributed by atoms with van der Waals surface area (Å²) in [6.07, 6.45) is 3.47. The van der Waals surface area contributed by atoms with E-state index in [-0.39, 0.29) is 5.41 Å². The van der Waals surface area contributed by atoms with Crippen LogP contribution in [0.3, 0.4) is 0 Å². The highest BCUT2D eigenvalue weighted by atomic mass is 16.5. The molecule has 0 bridgehead atoms. The van der Waals surface area contributed by atoms with Crippen molar-refractivity contribution in [1.29, 1.82) is 0 Å². The molecule has 0 radical (unpaired) electrons. The lowest BCUT2D eigenvalue weighted by molar-refractivity contribution is 0.0103. The molecule has 0 spiro atoms. The largest absolute Gasteiger partial charge is 0.384 e. The van der Waals surface area contributed by atoms with Gasteiger partial charge in [0.25, 0.3) is 0 Å². The summed E-state index contributed by atoms with van der Waals surface area (Å²) in [5, 5.41) is 0. The zero-order valence-corrected chi connectivity index (χ0v) is 9.39. The van der Waals surface area contributed by atoms with Gasteiger partial charge in [-0.15, -0.1) is 0 Å². The fourth-order valence-electron chi connectivity index (χ4n) is 3.17. The molecule has 1 saturated carbocycles. The lowest BCUT2D eigenvalue weighted by Gasteiger charge is -2.45. The minimum atomic E-state index is 0.288. The topological polar surface area (TPSA) is 35.2 Å². The number of hydrogen-bond donors (Lipinski definition) is 1. The van der Waals surface area contributed by atoms with Crippen LogP contribution in [0.5, 0.6) is 0 Å². The summed E-state index contributed by atoms with van der Waals surface area (Å²) < 4.78 is 5.27. The predicted molar refractivity (Wildman–Crippen MR) is 55.6 cm³/mol. The van der Waals surface area contributed by atoms with Crippen LogP contribution in [-0.4, -0.2) is 19.8 Å². The van der Waals surface area contributed by atoms with Gasteiger partial charge in [0.05, 0.1) is 6.61 Å². The first-order valence-corrected chi connectivity index (χ1v) is 5.11. The second kappa shape index (κ2) is 3.58. The van der Waals surface area contributed by atoms with Crippen molar-refractivity contribution in [2.75, 3.05) is 13.7 Å². The Morgan fingerprint density at radius 1 is 1.31 bits per heavy atom. The minimum absolute atomic E-state index is 0.288. The summed E-state index contributed by atoms with van der Waals surface area (Å²) in [5.41, 5.74) is 6.73. The van der Waals surface area contributed by atoms with Gasteiger partial charge in [-0.2, -0.15) is 0 Å². The van der Waals surface area contributed by atoms with E-state index in [1.807, 2.05) is 0 Å². The highest BCUT2D eigenvalue weighted by molar-refractivity contribution is 4.92. The molecule has 0 amide bonds. The van der Waals surface area contributed by atoms with Gasteiger partial charge in [0, 0.05) is 13.2 Å². The van der Waals surface area contributed by atoms with E-state index < -0.39 is 0 Å². The summed E-state index contributed by atoms with van der Waals surface area (Å²) >= 11 is 0. The maximum Gasteiger partial charge on any atom is 0.0516 e. The first kappa shape index (κ1) is 11.0. The Balaban J connectivity index is 2.66. The van der Waals surface area contributed by atoms with Gasteiger partial charge in [0.15, 0.2) is 0 Å². The fourth-order valence-corrected chi connectivity index (χ4v) is 3.17. The molecule has 0 aliphatic heterocycles. The van der Waals surface area contributed by atoms with Gasteiger partial charge in [-0.05, 0) is 30.1 Å². The molecule has 0 aromatic carbocycles. The van der Waals surface area contributed by atoms with E-state index >= 15 is 0 Å². The van der Waals surface area contributed by atoms with Gasteiger partial charge >= 0.3 is 0 Å². The second-order valence-electron chi connectivity index (χ2n) is 5.75. The van der Waals surface area contributed by atoms with Gasteiger partial charge in [0.2, 0.25) is 0 Å². The molecule has 2 atom stereocenters.